The first kappa shape index (κ1) is 14.9. The van der Waals surface area contributed by atoms with Crippen LogP contribution in [-0.4, -0.2) is 36.4 Å². The second-order valence-corrected chi connectivity index (χ2v) is 7.46. The van der Waals surface area contributed by atoms with E-state index >= 15 is 0 Å². The van der Waals surface area contributed by atoms with Crippen molar-refractivity contribution in [3.63, 3.8) is 0 Å². The average Bonchev–Trinajstić information content (AvgIpc) is 2.15. The van der Waals surface area contributed by atoms with E-state index in [1.807, 2.05) is 0 Å². The zero-order chi connectivity index (χ0) is 13.3. The van der Waals surface area contributed by atoms with E-state index in [0.29, 0.717) is 18.1 Å². The zero-order valence-corrected chi connectivity index (χ0v) is 12.3. The summed E-state index contributed by atoms with van der Waals surface area (Å²) in [7, 11) is 0. The van der Waals surface area contributed by atoms with Crippen LogP contribution >= 0.6 is 0 Å². The Morgan fingerprint density at radius 2 is 1.65 bits per heavy atom. The maximum absolute atomic E-state index is 9.16. The Balaban J connectivity index is 2.77. The quantitative estimate of drug-likeness (QED) is 0.691. The zero-order valence-electron chi connectivity index (χ0n) is 12.3. The molecule has 3 heteroatoms. The molecule has 3 N–H and O–H groups in total. The second-order valence-electron chi connectivity index (χ2n) is 7.46. The van der Waals surface area contributed by atoms with Crippen molar-refractivity contribution in [3.8, 4) is 0 Å². The fraction of sp³-hybridized carbons (Fsp3) is 1.00. The molecule has 0 aromatic carbocycles. The van der Waals surface area contributed by atoms with E-state index in [1.165, 1.54) is 0 Å². The van der Waals surface area contributed by atoms with Gasteiger partial charge in [0.05, 0.1) is 0 Å². The Kier molecular flexibility index (Phi) is 4.61. The van der Waals surface area contributed by atoms with Gasteiger partial charge in [-0.05, 0) is 17.3 Å². The van der Waals surface area contributed by atoms with Crippen LogP contribution in [0.1, 0.15) is 48.0 Å². The molecule has 0 saturated carbocycles. The first-order valence-corrected chi connectivity index (χ1v) is 6.76. The highest BCUT2D eigenvalue weighted by Crippen LogP contribution is 2.29. The molecule has 3 nitrogen and oxygen atoms in total. The molecule has 1 rings (SSSR count). The minimum atomic E-state index is 0.205. The number of hydrogen-bond donors (Lipinski definition) is 3. The van der Waals surface area contributed by atoms with Gasteiger partial charge in [-0.1, -0.05) is 41.5 Å². The van der Waals surface area contributed by atoms with Crippen LogP contribution in [0.4, 0.5) is 0 Å². The number of nitrogens with one attached hydrogen (secondary N) is 2. The third-order valence-electron chi connectivity index (χ3n) is 3.79. The predicted molar refractivity (Wildman–Crippen MR) is 73.1 cm³/mol. The van der Waals surface area contributed by atoms with Crippen LogP contribution in [0, 0.1) is 10.8 Å². The third-order valence-corrected chi connectivity index (χ3v) is 3.79. The first-order valence-electron chi connectivity index (χ1n) is 6.76. The number of rotatable bonds is 2. The molecule has 0 amide bonds. The lowest BCUT2D eigenvalue weighted by molar-refractivity contribution is 0.0968. The summed E-state index contributed by atoms with van der Waals surface area (Å²) in [5.41, 5.74) is 0.470. The highest BCUT2D eigenvalue weighted by Gasteiger charge is 2.39. The van der Waals surface area contributed by atoms with Gasteiger partial charge < -0.3 is 15.7 Å². The Morgan fingerprint density at radius 3 is 2.06 bits per heavy atom. The Bertz CT molecular complexity index is 240. The fourth-order valence-electron chi connectivity index (χ4n) is 2.60. The lowest BCUT2D eigenvalue weighted by Gasteiger charge is -2.48. The molecule has 17 heavy (non-hydrogen) atoms. The molecule has 1 aliphatic rings. The third kappa shape index (κ3) is 3.94. The monoisotopic (exact) mass is 242 g/mol. The normalized spacial score (nSPS) is 31.6. The van der Waals surface area contributed by atoms with Crippen LogP contribution < -0.4 is 10.6 Å². The lowest BCUT2D eigenvalue weighted by Crippen LogP contribution is -2.67. The molecular weight excluding hydrogens is 212 g/mol. The summed E-state index contributed by atoms with van der Waals surface area (Å²) in [6.45, 7) is 14.9. The molecule has 0 radical (unpaired) electrons. The van der Waals surface area contributed by atoms with Gasteiger partial charge in [0.25, 0.3) is 0 Å². The Morgan fingerprint density at radius 1 is 1.06 bits per heavy atom. The van der Waals surface area contributed by atoms with Crippen molar-refractivity contribution >= 4 is 0 Å². The largest absolute Gasteiger partial charge is 0.396 e. The smallest absolute Gasteiger partial charge is 0.0446 e. The highest BCUT2D eigenvalue weighted by molar-refractivity contribution is 5.00. The summed E-state index contributed by atoms with van der Waals surface area (Å²) in [6, 6.07) is 1.27. The maximum Gasteiger partial charge on any atom is 0.0446 e. The fourth-order valence-corrected chi connectivity index (χ4v) is 2.60. The average molecular weight is 242 g/mol. The molecule has 1 saturated heterocycles. The Hall–Kier alpha value is -0.120. The van der Waals surface area contributed by atoms with Crippen molar-refractivity contribution in [2.24, 2.45) is 10.8 Å². The van der Waals surface area contributed by atoms with Crippen LogP contribution in [0.3, 0.4) is 0 Å². The van der Waals surface area contributed by atoms with Crippen molar-refractivity contribution in [2.75, 3.05) is 13.2 Å². The van der Waals surface area contributed by atoms with E-state index in [4.69, 9.17) is 5.11 Å². The van der Waals surface area contributed by atoms with Gasteiger partial charge in [-0.2, -0.15) is 0 Å². The number of piperazine rings is 1. The van der Waals surface area contributed by atoms with Crippen LogP contribution in [-0.2, 0) is 0 Å². The van der Waals surface area contributed by atoms with Crippen LogP contribution in [0.15, 0.2) is 0 Å². The summed E-state index contributed by atoms with van der Waals surface area (Å²) >= 11 is 0. The molecule has 3 unspecified atom stereocenters. The molecule has 0 aromatic heterocycles. The predicted octanol–water partition coefficient (Wildman–Crippen LogP) is 1.76. The summed E-state index contributed by atoms with van der Waals surface area (Å²) in [6.07, 6.45) is 0.825. The lowest BCUT2D eigenvalue weighted by atomic mass is 9.76. The molecule has 3 atom stereocenters. The summed E-state index contributed by atoms with van der Waals surface area (Å²) in [5.74, 6) is 0. The van der Waals surface area contributed by atoms with E-state index in [2.05, 4.69) is 52.2 Å². The standard InChI is InChI=1S/C14H30N2O/c1-13(2,3)11-9-15-10(7-8-17)12(16-11)14(4,5)6/h10-12,15-17H,7-9H2,1-6H3. The van der Waals surface area contributed by atoms with Gasteiger partial charge in [0.1, 0.15) is 0 Å². The minimum Gasteiger partial charge on any atom is -0.396 e. The van der Waals surface area contributed by atoms with Crippen molar-refractivity contribution in [1.82, 2.24) is 10.6 Å². The molecule has 1 aliphatic heterocycles. The van der Waals surface area contributed by atoms with Crippen molar-refractivity contribution in [3.05, 3.63) is 0 Å². The van der Waals surface area contributed by atoms with Gasteiger partial charge in [-0.25, -0.2) is 0 Å². The van der Waals surface area contributed by atoms with Crippen molar-refractivity contribution in [1.29, 1.82) is 0 Å². The van der Waals surface area contributed by atoms with Gasteiger partial charge in [0.2, 0.25) is 0 Å². The van der Waals surface area contributed by atoms with E-state index in [0.717, 1.165) is 13.0 Å². The second kappa shape index (κ2) is 5.25. The van der Waals surface area contributed by atoms with Gasteiger partial charge in [-0.3, -0.25) is 0 Å². The van der Waals surface area contributed by atoms with Crippen LogP contribution in [0.5, 0.6) is 0 Å². The van der Waals surface area contributed by atoms with E-state index < -0.39 is 0 Å². The first-order chi connectivity index (χ1) is 7.66. The summed E-state index contributed by atoms with van der Waals surface area (Å²) in [4.78, 5) is 0. The van der Waals surface area contributed by atoms with Crippen molar-refractivity contribution < 1.29 is 5.11 Å². The molecule has 1 fully saturated rings. The topological polar surface area (TPSA) is 44.3 Å². The number of hydrogen-bond acceptors (Lipinski definition) is 3. The Labute approximate surface area is 106 Å². The van der Waals surface area contributed by atoms with Gasteiger partial charge in [-0.15, -0.1) is 0 Å². The number of aliphatic hydroxyl groups is 1. The summed E-state index contributed by atoms with van der Waals surface area (Å²) in [5, 5.41) is 16.6. The molecule has 1 heterocycles. The van der Waals surface area contributed by atoms with Crippen LogP contribution in [0.2, 0.25) is 0 Å². The molecule has 102 valence electrons. The van der Waals surface area contributed by atoms with Gasteiger partial charge in [0, 0.05) is 31.3 Å². The SMILES string of the molecule is CC(C)(C)C1CNC(CCO)C(C(C)(C)C)N1. The number of aliphatic hydroxyl groups excluding tert-OH is 1. The molecule has 0 aliphatic carbocycles. The molecule has 0 spiro atoms. The van der Waals surface area contributed by atoms with Crippen LogP contribution in [0.25, 0.3) is 0 Å². The van der Waals surface area contributed by atoms with E-state index in [9.17, 15) is 0 Å². The minimum absolute atomic E-state index is 0.205. The molecular formula is C14H30N2O. The molecule has 0 bridgehead atoms. The van der Waals surface area contributed by atoms with Gasteiger partial charge in [0.15, 0.2) is 0 Å². The van der Waals surface area contributed by atoms with Crippen molar-refractivity contribution in [2.45, 2.75) is 66.1 Å². The van der Waals surface area contributed by atoms with Gasteiger partial charge >= 0.3 is 0 Å². The summed E-state index contributed by atoms with van der Waals surface area (Å²) < 4.78 is 0. The maximum atomic E-state index is 9.16. The van der Waals surface area contributed by atoms with E-state index in [-0.39, 0.29) is 17.4 Å². The van der Waals surface area contributed by atoms with E-state index in [1.54, 1.807) is 0 Å². The highest BCUT2D eigenvalue weighted by atomic mass is 16.3. The molecule has 0 aromatic rings.